The van der Waals surface area contributed by atoms with Crippen LogP contribution in [0.5, 0.6) is 0 Å². The maximum atomic E-state index is 11.5. The third kappa shape index (κ3) is 1.48. The first-order valence-electron chi connectivity index (χ1n) is 5.10. The van der Waals surface area contributed by atoms with Gasteiger partial charge in [-0.2, -0.15) is 5.06 Å². The van der Waals surface area contributed by atoms with E-state index in [4.69, 9.17) is 5.73 Å². The first-order valence-corrected chi connectivity index (χ1v) is 5.91. The molecule has 1 atom stereocenters. The summed E-state index contributed by atoms with van der Waals surface area (Å²) in [6.07, 6.45) is 0.101. The van der Waals surface area contributed by atoms with Crippen LogP contribution in [-0.4, -0.2) is 38.6 Å². The molecule has 0 radical (unpaired) electrons. The van der Waals surface area contributed by atoms with Crippen molar-refractivity contribution in [1.82, 2.24) is 14.9 Å². The third-order valence-corrected chi connectivity index (χ3v) is 4.09. The van der Waals surface area contributed by atoms with E-state index in [1.165, 1.54) is 16.2 Å². The normalized spacial score (nSPS) is 21.9. The van der Waals surface area contributed by atoms with Gasteiger partial charge in [-0.3, -0.25) is 10.0 Å². The monoisotopic (exact) mass is 254 g/mol. The Morgan fingerprint density at radius 3 is 3.12 bits per heavy atom. The van der Waals surface area contributed by atoms with E-state index in [9.17, 15) is 14.8 Å². The highest BCUT2D eigenvalue weighted by Gasteiger charge is 2.44. The fraction of sp³-hybridized carbons (Fsp3) is 0.444. The van der Waals surface area contributed by atoms with E-state index in [0.29, 0.717) is 18.1 Å². The van der Waals surface area contributed by atoms with Crippen molar-refractivity contribution in [3.8, 4) is 0 Å². The fourth-order valence-electron chi connectivity index (χ4n) is 2.16. The predicted molar refractivity (Wildman–Crippen MR) is 57.2 cm³/mol. The van der Waals surface area contributed by atoms with Gasteiger partial charge in [-0.15, -0.1) is 11.3 Å². The van der Waals surface area contributed by atoms with Crippen molar-refractivity contribution in [2.45, 2.75) is 19.0 Å². The van der Waals surface area contributed by atoms with Crippen LogP contribution in [0.15, 0.2) is 0 Å². The average Bonchev–Trinajstić information content (AvgIpc) is 2.74. The van der Waals surface area contributed by atoms with Gasteiger partial charge in [0.1, 0.15) is 11.0 Å². The second-order valence-corrected chi connectivity index (χ2v) is 5.20. The van der Waals surface area contributed by atoms with E-state index in [2.05, 4.69) is 4.98 Å². The van der Waals surface area contributed by atoms with Gasteiger partial charge in [-0.1, -0.05) is 0 Å². The molecule has 1 fully saturated rings. The van der Waals surface area contributed by atoms with Gasteiger partial charge in [0, 0.05) is 0 Å². The number of carbonyl (C=O) groups excluding carboxylic acids is 2. The number of hydroxylamine groups is 2. The Morgan fingerprint density at radius 1 is 1.65 bits per heavy atom. The van der Waals surface area contributed by atoms with Crippen molar-refractivity contribution in [1.29, 1.82) is 0 Å². The van der Waals surface area contributed by atoms with Crippen LogP contribution >= 0.6 is 11.3 Å². The number of hydrogen-bond donors (Lipinski definition) is 2. The molecule has 3 amide bonds. The number of fused-ring (bicyclic) bond motifs is 4. The molecule has 2 bridgehead atoms. The molecule has 0 aliphatic carbocycles. The van der Waals surface area contributed by atoms with Gasteiger partial charge in [0.25, 0.3) is 0 Å². The van der Waals surface area contributed by atoms with E-state index in [1.807, 2.05) is 0 Å². The van der Waals surface area contributed by atoms with Gasteiger partial charge >= 0.3 is 6.03 Å². The van der Waals surface area contributed by atoms with Crippen LogP contribution in [0.25, 0.3) is 0 Å². The van der Waals surface area contributed by atoms with Crippen molar-refractivity contribution in [2.24, 2.45) is 5.73 Å². The van der Waals surface area contributed by atoms with Crippen molar-refractivity contribution in [2.75, 3.05) is 6.54 Å². The Kier molecular flexibility index (Phi) is 2.10. The summed E-state index contributed by atoms with van der Waals surface area (Å²) < 4.78 is 0. The lowest BCUT2D eigenvalue weighted by Crippen LogP contribution is -2.28. The number of nitrogens with two attached hydrogens (primary N) is 1. The van der Waals surface area contributed by atoms with E-state index in [-0.39, 0.29) is 12.5 Å². The van der Waals surface area contributed by atoms with Gasteiger partial charge < -0.3 is 10.6 Å². The Hall–Kier alpha value is -1.67. The molecule has 0 saturated carbocycles. The Balaban J connectivity index is 1.96. The minimum Gasteiger partial charge on any atom is -0.369 e. The number of thiazole rings is 1. The molecule has 1 aromatic heterocycles. The molecule has 2 aliphatic rings. The van der Waals surface area contributed by atoms with E-state index >= 15 is 0 Å². The summed E-state index contributed by atoms with van der Waals surface area (Å²) in [5, 5.41) is 11.0. The summed E-state index contributed by atoms with van der Waals surface area (Å²) >= 11 is 1.34. The minimum atomic E-state index is -0.432. The molecule has 1 saturated heterocycles. The van der Waals surface area contributed by atoms with Crippen molar-refractivity contribution >= 4 is 23.3 Å². The van der Waals surface area contributed by atoms with Crippen LogP contribution in [0.4, 0.5) is 4.79 Å². The molecule has 17 heavy (non-hydrogen) atoms. The number of amides is 3. The summed E-state index contributed by atoms with van der Waals surface area (Å²) in [6, 6.07) is -0.748. The van der Waals surface area contributed by atoms with Gasteiger partial charge in [0.05, 0.1) is 30.1 Å². The van der Waals surface area contributed by atoms with Crippen LogP contribution in [0, 0.1) is 0 Å². The quantitative estimate of drug-likeness (QED) is 0.717. The lowest BCUT2D eigenvalue weighted by molar-refractivity contribution is -0.117. The van der Waals surface area contributed by atoms with Crippen molar-refractivity contribution < 1.29 is 14.8 Å². The molecule has 1 unspecified atom stereocenters. The molecule has 90 valence electrons. The molecule has 3 N–H and O–H groups in total. The Morgan fingerprint density at radius 2 is 2.41 bits per heavy atom. The number of urea groups is 1. The first kappa shape index (κ1) is 10.5. The van der Waals surface area contributed by atoms with E-state index in [0.717, 1.165) is 15.6 Å². The molecule has 2 aliphatic heterocycles. The van der Waals surface area contributed by atoms with E-state index < -0.39 is 11.9 Å². The fourth-order valence-corrected chi connectivity index (χ4v) is 3.32. The molecular weight excluding hydrogens is 244 g/mol. The van der Waals surface area contributed by atoms with Crippen LogP contribution in [-0.2, 0) is 17.8 Å². The number of rotatable bonds is 2. The van der Waals surface area contributed by atoms with Crippen molar-refractivity contribution in [3.05, 3.63) is 15.6 Å². The minimum absolute atomic E-state index is 0.101. The highest BCUT2D eigenvalue weighted by molar-refractivity contribution is 7.12. The van der Waals surface area contributed by atoms with Crippen molar-refractivity contribution in [3.63, 3.8) is 0 Å². The van der Waals surface area contributed by atoms with Gasteiger partial charge in [0.2, 0.25) is 5.91 Å². The number of nitrogens with zero attached hydrogens (tertiary/aromatic N) is 3. The lowest BCUT2D eigenvalue weighted by atomic mass is 10.1. The number of carbonyl (C=O) groups is 2. The second kappa shape index (κ2) is 3.41. The summed E-state index contributed by atoms with van der Waals surface area (Å²) in [7, 11) is 0. The maximum Gasteiger partial charge on any atom is 0.344 e. The standard InChI is InChI=1S/C9H10N4O3S/c10-6(14)1-7-11-4-2-12-3-5(8(4)17-7)13(16)9(12)15/h5,16H,1-3H2,(H2,10,14). The summed E-state index contributed by atoms with van der Waals surface area (Å²) in [5.74, 6) is -0.432. The molecular formula is C9H10N4O3S. The third-order valence-electron chi connectivity index (χ3n) is 2.90. The smallest absolute Gasteiger partial charge is 0.344 e. The van der Waals surface area contributed by atoms with Crippen LogP contribution in [0.3, 0.4) is 0 Å². The molecule has 7 nitrogen and oxygen atoms in total. The molecule has 0 spiro atoms. The van der Waals surface area contributed by atoms with Crippen LogP contribution in [0.1, 0.15) is 21.6 Å². The van der Waals surface area contributed by atoms with Crippen LogP contribution < -0.4 is 5.73 Å². The number of hydrogen-bond acceptors (Lipinski definition) is 5. The first-order chi connectivity index (χ1) is 8.06. The second-order valence-electron chi connectivity index (χ2n) is 4.09. The van der Waals surface area contributed by atoms with Gasteiger partial charge in [0.15, 0.2) is 0 Å². The summed E-state index contributed by atoms with van der Waals surface area (Å²) in [4.78, 5) is 29.0. The SMILES string of the molecule is NC(=O)Cc1nc2c(s1)C1CN(C2)C(=O)N1O. The van der Waals surface area contributed by atoms with E-state index in [1.54, 1.807) is 0 Å². The summed E-state index contributed by atoms with van der Waals surface area (Å²) in [6.45, 7) is 0.859. The lowest BCUT2D eigenvalue weighted by Gasteiger charge is -2.18. The average molecular weight is 254 g/mol. The van der Waals surface area contributed by atoms with Crippen LogP contribution in [0.2, 0.25) is 0 Å². The number of aromatic nitrogens is 1. The highest BCUT2D eigenvalue weighted by Crippen LogP contribution is 2.39. The highest BCUT2D eigenvalue weighted by atomic mass is 32.1. The largest absolute Gasteiger partial charge is 0.369 e. The zero-order chi connectivity index (χ0) is 12.2. The molecule has 3 rings (SSSR count). The zero-order valence-corrected chi connectivity index (χ0v) is 9.61. The Bertz CT molecular complexity index is 510. The molecule has 1 aromatic rings. The Labute approximate surface area is 100 Å². The maximum absolute atomic E-state index is 11.5. The molecule has 0 aromatic carbocycles. The zero-order valence-electron chi connectivity index (χ0n) is 8.79. The van der Waals surface area contributed by atoms with Gasteiger partial charge in [-0.25, -0.2) is 9.78 Å². The molecule has 3 heterocycles. The van der Waals surface area contributed by atoms with Gasteiger partial charge in [-0.05, 0) is 0 Å². The predicted octanol–water partition coefficient (Wildman–Crippen LogP) is -0.148. The number of primary amides is 1. The molecule has 8 heteroatoms. The summed E-state index contributed by atoms with van der Waals surface area (Å²) in [5.41, 5.74) is 5.87. The topological polar surface area (TPSA) is 99.8 Å².